The fraction of sp³-hybridized carbons (Fsp3) is 0.533. The van der Waals surface area contributed by atoms with Crippen molar-refractivity contribution in [2.45, 2.75) is 51.1 Å². The molecule has 9 heteroatoms. The Kier molecular flexibility index (Phi) is 11.3. The van der Waals surface area contributed by atoms with Crippen molar-refractivity contribution in [1.82, 2.24) is 20.1 Å². The van der Waals surface area contributed by atoms with Crippen molar-refractivity contribution in [2.24, 2.45) is 0 Å². The molecule has 9 nitrogen and oxygen atoms in total. The number of ether oxygens (including phenoxy) is 1. The highest BCUT2D eigenvalue weighted by atomic mass is 16.5. The highest BCUT2D eigenvalue weighted by Crippen LogP contribution is 2.29. The van der Waals surface area contributed by atoms with E-state index in [1.165, 1.54) is 10.5 Å². The van der Waals surface area contributed by atoms with Gasteiger partial charge in [-0.3, -0.25) is 14.7 Å². The maximum absolute atomic E-state index is 13.2. The zero-order valence-corrected chi connectivity index (χ0v) is 23.7. The van der Waals surface area contributed by atoms with Crippen LogP contribution in [-0.2, 0) is 19.7 Å². The largest absolute Gasteiger partial charge is 0.379 e. The van der Waals surface area contributed by atoms with Crippen LogP contribution in [0.4, 0.5) is 5.69 Å². The minimum absolute atomic E-state index is 0.0151. The molecule has 1 amide bonds. The van der Waals surface area contributed by atoms with Crippen molar-refractivity contribution >= 4 is 17.9 Å². The number of carbonyl (C=O) groups is 2. The van der Waals surface area contributed by atoms with E-state index in [4.69, 9.17) is 10.00 Å². The van der Waals surface area contributed by atoms with Gasteiger partial charge < -0.3 is 24.6 Å². The Hall–Kier alpha value is -3.48. The molecule has 2 unspecified atom stereocenters. The summed E-state index contributed by atoms with van der Waals surface area (Å²) >= 11 is 0. The van der Waals surface area contributed by atoms with Gasteiger partial charge in [-0.1, -0.05) is 39.0 Å². The number of morpholine rings is 1. The molecule has 2 aliphatic rings. The lowest BCUT2D eigenvalue weighted by molar-refractivity contribution is -0.122. The van der Waals surface area contributed by atoms with Crippen molar-refractivity contribution in [2.75, 3.05) is 57.9 Å². The Bertz CT molecular complexity index is 1070. The average molecular weight is 535 g/mol. The topological polar surface area (TPSA) is 102 Å². The minimum atomic E-state index is -0.441. The van der Waals surface area contributed by atoms with Crippen LogP contribution < -0.4 is 10.2 Å². The van der Waals surface area contributed by atoms with Gasteiger partial charge in [-0.2, -0.15) is 5.26 Å². The third-order valence-electron chi connectivity index (χ3n) is 7.19. The average Bonchev–Trinajstić information content (AvgIpc) is 3.42. The monoisotopic (exact) mass is 534 g/mol. The molecule has 2 fully saturated rings. The molecule has 1 aromatic carbocycles. The van der Waals surface area contributed by atoms with Crippen LogP contribution in [0, 0.1) is 11.5 Å². The van der Waals surface area contributed by atoms with Crippen molar-refractivity contribution < 1.29 is 14.3 Å². The lowest BCUT2D eigenvalue weighted by Gasteiger charge is -2.31. The number of nitriles is 1. The summed E-state index contributed by atoms with van der Waals surface area (Å²) in [5.74, 6) is -0.0151. The zero-order valence-electron chi connectivity index (χ0n) is 23.7. The van der Waals surface area contributed by atoms with Crippen LogP contribution in [0.15, 0.2) is 48.8 Å². The molecule has 2 aromatic rings. The van der Waals surface area contributed by atoms with Gasteiger partial charge in [0.15, 0.2) is 6.19 Å². The first-order valence-electron chi connectivity index (χ1n) is 13.7. The number of amides is 1. The molecule has 4 rings (SSSR count). The maximum atomic E-state index is 13.2. The van der Waals surface area contributed by atoms with Gasteiger partial charge in [-0.05, 0) is 42.0 Å². The SMILES string of the molecule is CN(c1ccc(C(C)(C)C)cc1)C(C(=O)NCCN1CCOCC1)c1cccnc1.N#CN1CCCC1C=O. The number of pyridine rings is 1. The van der Waals surface area contributed by atoms with Crippen molar-refractivity contribution in [3.63, 3.8) is 0 Å². The lowest BCUT2D eigenvalue weighted by Crippen LogP contribution is -2.44. The molecular weight excluding hydrogens is 492 g/mol. The summed E-state index contributed by atoms with van der Waals surface area (Å²) in [6, 6.07) is 11.7. The van der Waals surface area contributed by atoms with Crippen LogP contribution in [0.3, 0.4) is 0 Å². The van der Waals surface area contributed by atoms with E-state index in [0.717, 1.165) is 69.8 Å². The number of nitrogens with one attached hydrogen (secondary N) is 1. The van der Waals surface area contributed by atoms with Crippen LogP contribution in [0.1, 0.15) is 50.8 Å². The fourth-order valence-corrected chi connectivity index (χ4v) is 4.75. The van der Waals surface area contributed by atoms with E-state index in [9.17, 15) is 9.59 Å². The van der Waals surface area contributed by atoms with Gasteiger partial charge >= 0.3 is 0 Å². The Morgan fingerprint density at radius 3 is 2.51 bits per heavy atom. The second-order valence-corrected chi connectivity index (χ2v) is 11.0. The molecule has 0 radical (unpaired) electrons. The molecule has 2 saturated heterocycles. The Balaban J connectivity index is 0.000000395. The Labute approximate surface area is 232 Å². The number of hydrogen-bond donors (Lipinski definition) is 1. The van der Waals surface area contributed by atoms with Gasteiger partial charge in [0.25, 0.3) is 0 Å². The first-order valence-corrected chi connectivity index (χ1v) is 13.7. The maximum Gasteiger partial charge on any atom is 0.247 e. The van der Waals surface area contributed by atoms with Gasteiger partial charge in [0.1, 0.15) is 12.3 Å². The number of aldehydes is 1. The van der Waals surface area contributed by atoms with E-state index in [1.807, 2.05) is 30.3 Å². The molecule has 3 heterocycles. The molecule has 0 saturated carbocycles. The summed E-state index contributed by atoms with van der Waals surface area (Å²) in [4.78, 5) is 33.5. The Morgan fingerprint density at radius 2 is 1.95 bits per heavy atom. The molecule has 2 aliphatic heterocycles. The Morgan fingerprint density at radius 1 is 1.23 bits per heavy atom. The molecular formula is C30H42N6O3. The van der Waals surface area contributed by atoms with Gasteiger partial charge in [-0.25, -0.2) is 0 Å². The van der Waals surface area contributed by atoms with Crippen LogP contribution in [0.2, 0.25) is 0 Å². The molecule has 2 atom stereocenters. The number of likely N-dealkylation sites (N-methyl/N-ethyl adjacent to an activating group) is 1. The lowest BCUT2D eigenvalue weighted by atomic mass is 9.87. The zero-order chi connectivity index (χ0) is 28.3. The summed E-state index contributed by atoms with van der Waals surface area (Å²) in [6.07, 6.45) is 8.13. The van der Waals surface area contributed by atoms with Crippen molar-refractivity contribution in [1.29, 1.82) is 5.26 Å². The van der Waals surface area contributed by atoms with E-state index < -0.39 is 6.04 Å². The van der Waals surface area contributed by atoms with Crippen LogP contribution in [0.5, 0.6) is 0 Å². The van der Waals surface area contributed by atoms with E-state index >= 15 is 0 Å². The predicted octanol–water partition coefficient (Wildman–Crippen LogP) is 3.14. The fourth-order valence-electron chi connectivity index (χ4n) is 4.75. The molecule has 0 spiro atoms. The molecule has 210 valence electrons. The van der Waals surface area contributed by atoms with Crippen molar-refractivity contribution in [3.8, 4) is 6.19 Å². The normalized spacial score (nSPS) is 18.3. The third-order valence-corrected chi connectivity index (χ3v) is 7.19. The van der Waals surface area contributed by atoms with Gasteiger partial charge in [0.2, 0.25) is 5.91 Å². The number of aromatic nitrogens is 1. The number of carbonyl (C=O) groups excluding carboxylic acids is 2. The van der Waals surface area contributed by atoms with Crippen LogP contribution in [-0.4, -0.2) is 86.0 Å². The summed E-state index contributed by atoms with van der Waals surface area (Å²) in [7, 11) is 1.96. The van der Waals surface area contributed by atoms with Gasteiger partial charge in [-0.15, -0.1) is 0 Å². The van der Waals surface area contributed by atoms with Gasteiger partial charge in [0.05, 0.1) is 19.3 Å². The highest BCUT2D eigenvalue weighted by molar-refractivity contribution is 5.86. The van der Waals surface area contributed by atoms with E-state index in [1.54, 1.807) is 12.4 Å². The molecule has 1 N–H and O–H groups in total. The predicted molar refractivity (Wildman–Crippen MR) is 152 cm³/mol. The van der Waals surface area contributed by atoms with E-state index in [2.05, 4.69) is 60.2 Å². The van der Waals surface area contributed by atoms with E-state index in [0.29, 0.717) is 6.54 Å². The second-order valence-electron chi connectivity index (χ2n) is 11.0. The smallest absolute Gasteiger partial charge is 0.247 e. The standard InChI is InChI=1S/C24H34N4O2.C6H8N2O/c1-24(2,3)20-7-9-21(10-8-20)27(4)22(19-6-5-11-25-18-19)23(29)26-12-13-28-14-16-30-17-15-28;7-5-8-3-1-2-6(8)4-9/h5-11,18,22H,12-17H2,1-4H3,(H,26,29);4,6H,1-3H2. The highest BCUT2D eigenvalue weighted by Gasteiger charge is 2.26. The number of nitrogens with zero attached hydrogens (tertiary/aromatic N) is 5. The minimum Gasteiger partial charge on any atom is -0.379 e. The van der Waals surface area contributed by atoms with Crippen LogP contribution in [0.25, 0.3) is 0 Å². The van der Waals surface area contributed by atoms with Gasteiger partial charge in [0, 0.05) is 63.4 Å². The third kappa shape index (κ3) is 8.77. The van der Waals surface area contributed by atoms with Crippen LogP contribution >= 0.6 is 0 Å². The number of likely N-dealkylation sites (tertiary alicyclic amines) is 1. The van der Waals surface area contributed by atoms with E-state index in [-0.39, 0.29) is 17.4 Å². The number of rotatable bonds is 8. The summed E-state index contributed by atoms with van der Waals surface area (Å²) < 4.78 is 5.39. The summed E-state index contributed by atoms with van der Waals surface area (Å²) in [6.45, 7) is 12.2. The number of anilines is 1. The molecule has 1 aromatic heterocycles. The number of benzene rings is 1. The quantitative estimate of drug-likeness (QED) is 0.407. The summed E-state index contributed by atoms with van der Waals surface area (Å²) in [5.41, 5.74) is 3.24. The first-order chi connectivity index (χ1) is 18.7. The number of hydrogen-bond acceptors (Lipinski definition) is 8. The molecule has 0 bridgehead atoms. The second kappa shape index (κ2) is 14.6. The van der Waals surface area contributed by atoms with Crippen molar-refractivity contribution in [3.05, 3.63) is 59.9 Å². The molecule has 0 aliphatic carbocycles. The first kappa shape index (κ1) is 30.1. The summed E-state index contributed by atoms with van der Waals surface area (Å²) in [5, 5.41) is 11.5. The molecule has 39 heavy (non-hydrogen) atoms.